The van der Waals surface area contributed by atoms with Crippen molar-refractivity contribution in [3.63, 3.8) is 0 Å². The Bertz CT molecular complexity index is 2780. The Labute approximate surface area is 293 Å². The fourth-order valence-electron chi connectivity index (χ4n) is 10.1. The zero-order chi connectivity index (χ0) is 33.5. The van der Waals surface area contributed by atoms with Crippen molar-refractivity contribution < 1.29 is 0 Å². The minimum atomic E-state index is -0.113. The normalized spacial score (nSPS) is 15.4. The average Bonchev–Trinajstić information content (AvgIpc) is 3.82. The van der Waals surface area contributed by atoms with Crippen LogP contribution in [0.15, 0.2) is 140 Å². The zero-order valence-electron chi connectivity index (χ0n) is 28.9. The van der Waals surface area contributed by atoms with Gasteiger partial charge in [-0.1, -0.05) is 131 Å². The molecular weight excluding hydrogens is 603 g/mol. The van der Waals surface area contributed by atoms with Gasteiger partial charge in [-0.2, -0.15) is 0 Å². The third-order valence-corrected chi connectivity index (χ3v) is 12.4. The van der Waals surface area contributed by atoms with Gasteiger partial charge >= 0.3 is 0 Å². The molecule has 1 heteroatoms. The summed E-state index contributed by atoms with van der Waals surface area (Å²) < 4.78 is 2.47. The minimum absolute atomic E-state index is 0.0817. The van der Waals surface area contributed by atoms with Crippen molar-refractivity contribution in [1.82, 2.24) is 4.57 Å². The van der Waals surface area contributed by atoms with Crippen LogP contribution in [0.25, 0.3) is 72.0 Å². The van der Waals surface area contributed by atoms with Crippen LogP contribution in [0, 0.1) is 0 Å². The molecule has 238 valence electrons. The summed E-state index contributed by atoms with van der Waals surface area (Å²) in [7, 11) is 0. The van der Waals surface area contributed by atoms with Gasteiger partial charge in [0.1, 0.15) is 0 Å². The third-order valence-electron chi connectivity index (χ3n) is 12.4. The third kappa shape index (κ3) is 3.47. The number of nitrogens with zero attached hydrogens (tertiary/aromatic N) is 1. The molecule has 1 heterocycles. The molecule has 0 atom stereocenters. The van der Waals surface area contributed by atoms with E-state index in [9.17, 15) is 0 Å². The van der Waals surface area contributed by atoms with Crippen molar-refractivity contribution in [2.45, 2.75) is 44.9 Å². The molecule has 11 rings (SSSR count). The van der Waals surface area contributed by atoms with E-state index in [1.54, 1.807) is 0 Å². The smallest absolute Gasteiger partial charge is 0.0541 e. The summed E-state index contributed by atoms with van der Waals surface area (Å²) in [5, 5.41) is 2.58. The molecule has 3 aliphatic carbocycles. The minimum Gasteiger partial charge on any atom is -0.309 e. The van der Waals surface area contributed by atoms with Crippen molar-refractivity contribution in [3.8, 4) is 50.2 Å². The van der Waals surface area contributed by atoms with Crippen molar-refractivity contribution >= 4 is 21.8 Å². The summed E-state index contributed by atoms with van der Waals surface area (Å²) in [6.45, 7) is 9.73. The molecule has 7 aromatic carbocycles. The Hall–Kier alpha value is -5.66. The summed E-state index contributed by atoms with van der Waals surface area (Å²) in [4.78, 5) is 0. The van der Waals surface area contributed by atoms with E-state index in [-0.39, 0.29) is 10.8 Å². The highest BCUT2D eigenvalue weighted by molar-refractivity contribution is 6.11. The molecule has 1 nitrogen and oxygen atoms in total. The van der Waals surface area contributed by atoms with Gasteiger partial charge in [0.15, 0.2) is 0 Å². The summed E-state index contributed by atoms with van der Waals surface area (Å²) in [6, 6.07) is 52.8. The zero-order valence-corrected chi connectivity index (χ0v) is 28.9. The van der Waals surface area contributed by atoms with Crippen molar-refractivity contribution in [3.05, 3.63) is 173 Å². The van der Waals surface area contributed by atoms with Crippen LogP contribution in [0.5, 0.6) is 0 Å². The molecule has 0 aliphatic heterocycles. The molecule has 1 aromatic heterocycles. The van der Waals surface area contributed by atoms with Crippen LogP contribution in [0.1, 0.15) is 61.1 Å². The molecule has 0 saturated carbocycles. The molecule has 0 spiro atoms. The number of rotatable bonds is 2. The highest BCUT2D eigenvalue weighted by Crippen LogP contribution is 2.61. The highest BCUT2D eigenvalue weighted by Gasteiger charge is 2.46. The molecule has 0 unspecified atom stereocenters. The Morgan fingerprint density at radius 2 is 1.08 bits per heavy atom. The van der Waals surface area contributed by atoms with Crippen molar-refractivity contribution in [2.24, 2.45) is 0 Å². The van der Waals surface area contributed by atoms with E-state index in [1.165, 1.54) is 105 Å². The lowest BCUT2D eigenvalue weighted by Crippen LogP contribution is -2.24. The van der Waals surface area contributed by atoms with Gasteiger partial charge < -0.3 is 4.57 Å². The monoisotopic (exact) mass is 639 g/mol. The standard InChI is InChI=1S/C49H37N/c1-48(2)41-18-10-7-15-34(41)40-28-38(45-36-17-8-11-19-42(36)49(3,4)47(45)46(40)48)31-22-24-44-39(26-31)35-16-9-12-20-43(35)50(44)32-23-21-30-25-29-13-5-6-14-33(29)37(30)27-32/h5-24,26-28H,25H2,1-4H3. The van der Waals surface area contributed by atoms with E-state index in [2.05, 4.69) is 172 Å². The van der Waals surface area contributed by atoms with Gasteiger partial charge in [0.25, 0.3) is 0 Å². The van der Waals surface area contributed by atoms with Gasteiger partial charge in [-0.05, 0) is 121 Å². The van der Waals surface area contributed by atoms with Crippen LogP contribution in [-0.4, -0.2) is 4.57 Å². The quantitative estimate of drug-likeness (QED) is 0.177. The number of fused-ring (bicyclic) bond motifs is 13. The fourth-order valence-corrected chi connectivity index (χ4v) is 10.1. The number of para-hydroxylation sites is 1. The van der Waals surface area contributed by atoms with E-state index in [1.807, 2.05) is 0 Å². The topological polar surface area (TPSA) is 4.93 Å². The van der Waals surface area contributed by atoms with Gasteiger partial charge in [-0.3, -0.25) is 0 Å². The molecule has 50 heavy (non-hydrogen) atoms. The average molecular weight is 640 g/mol. The number of benzene rings is 7. The molecule has 0 amide bonds. The first kappa shape index (κ1) is 28.2. The molecule has 0 N–H and O–H groups in total. The first-order valence-electron chi connectivity index (χ1n) is 18.0. The SMILES string of the molecule is CC1(C)c2ccccc2-c2cc(-c3ccc4c(c3)c3ccccc3n4-c3ccc4c(c3)-c3ccccc3C4)c3c(c21)C(C)(C)c1ccccc1-3. The Morgan fingerprint density at radius 1 is 0.440 bits per heavy atom. The van der Waals surface area contributed by atoms with Crippen LogP contribution in [-0.2, 0) is 17.3 Å². The molecule has 0 fully saturated rings. The van der Waals surface area contributed by atoms with E-state index in [4.69, 9.17) is 0 Å². The van der Waals surface area contributed by atoms with Crippen LogP contribution < -0.4 is 0 Å². The Morgan fingerprint density at radius 3 is 1.92 bits per heavy atom. The fraction of sp³-hybridized carbons (Fsp3) is 0.143. The van der Waals surface area contributed by atoms with Crippen molar-refractivity contribution in [1.29, 1.82) is 0 Å². The first-order chi connectivity index (χ1) is 24.3. The summed E-state index contributed by atoms with van der Waals surface area (Å²) in [6.07, 6.45) is 1.01. The van der Waals surface area contributed by atoms with Crippen LogP contribution in [0.3, 0.4) is 0 Å². The molecule has 0 radical (unpaired) electrons. The summed E-state index contributed by atoms with van der Waals surface area (Å²) in [5.74, 6) is 0. The lowest BCUT2D eigenvalue weighted by molar-refractivity contribution is 0.601. The molecule has 8 aromatic rings. The maximum absolute atomic E-state index is 2.53. The van der Waals surface area contributed by atoms with Crippen LogP contribution in [0.2, 0.25) is 0 Å². The van der Waals surface area contributed by atoms with Gasteiger partial charge in [-0.25, -0.2) is 0 Å². The second kappa shape index (κ2) is 9.52. The predicted molar refractivity (Wildman–Crippen MR) is 210 cm³/mol. The van der Waals surface area contributed by atoms with E-state index in [0.29, 0.717) is 0 Å². The van der Waals surface area contributed by atoms with E-state index < -0.39 is 0 Å². The lowest BCUT2D eigenvalue weighted by Gasteiger charge is -2.31. The highest BCUT2D eigenvalue weighted by atomic mass is 15.0. The molecular formula is C49H37N. The lowest BCUT2D eigenvalue weighted by atomic mass is 9.71. The second-order valence-electron chi connectivity index (χ2n) is 15.7. The van der Waals surface area contributed by atoms with Gasteiger partial charge in [0, 0.05) is 27.3 Å². The van der Waals surface area contributed by atoms with Crippen LogP contribution >= 0.6 is 0 Å². The Kier molecular flexibility index (Phi) is 5.37. The number of aromatic nitrogens is 1. The predicted octanol–water partition coefficient (Wildman–Crippen LogP) is 12.6. The van der Waals surface area contributed by atoms with Gasteiger partial charge in [0.2, 0.25) is 0 Å². The first-order valence-corrected chi connectivity index (χ1v) is 18.0. The number of hydrogen-bond acceptors (Lipinski definition) is 0. The maximum atomic E-state index is 2.53. The summed E-state index contributed by atoms with van der Waals surface area (Å²) in [5.41, 5.74) is 23.1. The van der Waals surface area contributed by atoms with E-state index >= 15 is 0 Å². The summed E-state index contributed by atoms with van der Waals surface area (Å²) >= 11 is 0. The van der Waals surface area contributed by atoms with Crippen molar-refractivity contribution in [2.75, 3.05) is 0 Å². The van der Waals surface area contributed by atoms with Crippen LogP contribution in [0.4, 0.5) is 0 Å². The van der Waals surface area contributed by atoms with Gasteiger partial charge in [0.05, 0.1) is 11.0 Å². The molecule has 3 aliphatic rings. The second-order valence-corrected chi connectivity index (χ2v) is 15.7. The molecule has 0 saturated heterocycles. The van der Waals surface area contributed by atoms with E-state index in [0.717, 1.165) is 6.42 Å². The molecule has 0 bridgehead atoms. The Balaban J connectivity index is 1.19. The number of hydrogen-bond donors (Lipinski definition) is 0. The maximum Gasteiger partial charge on any atom is 0.0541 e. The van der Waals surface area contributed by atoms with Gasteiger partial charge in [-0.15, -0.1) is 0 Å². The largest absolute Gasteiger partial charge is 0.309 e.